The number of hydrogen-bond acceptors (Lipinski definition) is 3. The summed E-state index contributed by atoms with van der Waals surface area (Å²) < 4.78 is 5.93. The normalized spacial score (nSPS) is 23.9. The van der Waals surface area contributed by atoms with Crippen molar-refractivity contribution < 1.29 is 4.74 Å². The van der Waals surface area contributed by atoms with Crippen LogP contribution in [0.1, 0.15) is 33.6 Å². The third kappa shape index (κ3) is 4.78. The van der Waals surface area contributed by atoms with Crippen molar-refractivity contribution in [1.82, 2.24) is 10.2 Å². The Balaban J connectivity index is 2.50. The van der Waals surface area contributed by atoms with E-state index in [2.05, 4.69) is 37.6 Å². The number of ether oxygens (including phenoxy) is 1. The van der Waals surface area contributed by atoms with Gasteiger partial charge in [-0.3, -0.25) is 4.90 Å². The van der Waals surface area contributed by atoms with Crippen molar-refractivity contribution in [1.29, 1.82) is 0 Å². The van der Waals surface area contributed by atoms with Crippen LogP contribution in [-0.2, 0) is 4.74 Å². The maximum absolute atomic E-state index is 5.93. The molecule has 2 atom stereocenters. The van der Waals surface area contributed by atoms with Crippen LogP contribution in [0.2, 0.25) is 0 Å². The molecule has 0 aromatic heterocycles. The molecule has 3 nitrogen and oxygen atoms in total. The molecular weight excluding hydrogens is 212 g/mol. The van der Waals surface area contributed by atoms with Crippen molar-refractivity contribution >= 4 is 0 Å². The van der Waals surface area contributed by atoms with Crippen LogP contribution in [0.3, 0.4) is 0 Å². The zero-order chi connectivity index (χ0) is 12.7. The van der Waals surface area contributed by atoms with Crippen LogP contribution in [0.15, 0.2) is 12.7 Å². The minimum atomic E-state index is 0.325. The van der Waals surface area contributed by atoms with E-state index in [-0.39, 0.29) is 0 Å². The highest BCUT2D eigenvalue weighted by molar-refractivity contribution is 4.85. The molecule has 1 N–H and O–H groups in total. The van der Waals surface area contributed by atoms with Crippen LogP contribution in [0.5, 0.6) is 0 Å². The monoisotopic (exact) mass is 240 g/mol. The fourth-order valence-electron chi connectivity index (χ4n) is 2.39. The van der Waals surface area contributed by atoms with Crippen molar-refractivity contribution in [2.24, 2.45) is 0 Å². The molecule has 0 amide bonds. The van der Waals surface area contributed by atoms with Gasteiger partial charge >= 0.3 is 0 Å². The minimum absolute atomic E-state index is 0.325. The van der Waals surface area contributed by atoms with Gasteiger partial charge in [0, 0.05) is 25.2 Å². The predicted octanol–water partition coefficient (Wildman–Crippen LogP) is 2.04. The molecule has 2 unspecified atom stereocenters. The van der Waals surface area contributed by atoms with E-state index >= 15 is 0 Å². The van der Waals surface area contributed by atoms with E-state index in [0.29, 0.717) is 18.2 Å². The lowest BCUT2D eigenvalue weighted by Gasteiger charge is -2.39. The molecule has 0 radical (unpaired) electrons. The Bertz CT molecular complexity index is 218. The molecule has 17 heavy (non-hydrogen) atoms. The maximum atomic E-state index is 5.93. The van der Waals surface area contributed by atoms with E-state index in [0.717, 1.165) is 39.1 Å². The first-order valence-electron chi connectivity index (χ1n) is 6.89. The average Bonchev–Trinajstić information content (AvgIpc) is 2.34. The minimum Gasteiger partial charge on any atom is -0.374 e. The van der Waals surface area contributed by atoms with Crippen LogP contribution < -0.4 is 5.32 Å². The smallest absolute Gasteiger partial charge is 0.0855 e. The van der Waals surface area contributed by atoms with Gasteiger partial charge in [0.1, 0.15) is 0 Å². The Morgan fingerprint density at radius 2 is 2.29 bits per heavy atom. The number of rotatable bonds is 7. The molecule has 0 bridgehead atoms. The van der Waals surface area contributed by atoms with Crippen molar-refractivity contribution in [2.45, 2.75) is 51.8 Å². The SMILES string of the molecule is C=CCCC(NCC)C1CN(C(C)C)CCO1. The lowest BCUT2D eigenvalue weighted by atomic mass is 10.0. The van der Waals surface area contributed by atoms with Gasteiger partial charge < -0.3 is 10.1 Å². The van der Waals surface area contributed by atoms with E-state index in [4.69, 9.17) is 4.74 Å². The molecule has 1 aliphatic heterocycles. The van der Waals surface area contributed by atoms with Gasteiger partial charge in [0.2, 0.25) is 0 Å². The quantitative estimate of drug-likeness (QED) is 0.689. The number of nitrogens with one attached hydrogen (secondary N) is 1. The van der Waals surface area contributed by atoms with Crippen LogP contribution in [-0.4, -0.2) is 49.3 Å². The number of nitrogens with zero attached hydrogens (tertiary/aromatic N) is 1. The Morgan fingerprint density at radius 3 is 2.88 bits per heavy atom. The first kappa shape index (κ1) is 14.7. The van der Waals surface area contributed by atoms with Gasteiger partial charge in [0.05, 0.1) is 12.7 Å². The predicted molar refractivity (Wildman–Crippen MR) is 73.3 cm³/mol. The molecule has 0 aromatic carbocycles. The van der Waals surface area contributed by atoms with Crippen molar-refractivity contribution in [3.8, 4) is 0 Å². The summed E-state index contributed by atoms with van der Waals surface area (Å²) in [6.45, 7) is 14.5. The van der Waals surface area contributed by atoms with Gasteiger partial charge in [-0.25, -0.2) is 0 Å². The number of likely N-dealkylation sites (N-methyl/N-ethyl adjacent to an activating group) is 1. The fraction of sp³-hybridized carbons (Fsp3) is 0.857. The molecule has 0 aromatic rings. The highest BCUT2D eigenvalue weighted by atomic mass is 16.5. The summed E-state index contributed by atoms with van der Waals surface area (Å²) in [7, 11) is 0. The summed E-state index contributed by atoms with van der Waals surface area (Å²) in [6, 6.07) is 1.07. The van der Waals surface area contributed by atoms with Crippen molar-refractivity contribution in [3.63, 3.8) is 0 Å². The molecule has 1 aliphatic rings. The highest BCUT2D eigenvalue weighted by Gasteiger charge is 2.28. The Kier molecular flexibility index (Phi) is 6.78. The first-order valence-corrected chi connectivity index (χ1v) is 6.89. The van der Waals surface area contributed by atoms with Crippen LogP contribution >= 0.6 is 0 Å². The topological polar surface area (TPSA) is 24.5 Å². The molecule has 1 rings (SSSR count). The van der Waals surface area contributed by atoms with Crippen LogP contribution in [0, 0.1) is 0 Å². The summed E-state index contributed by atoms with van der Waals surface area (Å²) in [4.78, 5) is 2.51. The van der Waals surface area contributed by atoms with E-state index in [9.17, 15) is 0 Å². The number of allylic oxidation sites excluding steroid dienone is 1. The third-order valence-corrected chi connectivity index (χ3v) is 3.45. The van der Waals surface area contributed by atoms with E-state index in [1.807, 2.05) is 6.08 Å². The fourth-order valence-corrected chi connectivity index (χ4v) is 2.39. The molecule has 0 aliphatic carbocycles. The second-order valence-corrected chi connectivity index (χ2v) is 5.03. The largest absolute Gasteiger partial charge is 0.374 e. The van der Waals surface area contributed by atoms with Gasteiger partial charge in [-0.1, -0.05) is 13.0 Å². The lowest BCUT2D eigenvalue weighted by molar-refractivity contribution is -0.0561. The van der Waals surface area contributed by atoms with Gasteiger partial charge in [0.25, 0.3) is 0 Å². The van der Waals surface area contributed by atoms with E-state index in [1.165, 1.54) is 0 Å². The average molecular weight is 240 g/mol. The zero-order valence-electron chi connectivity index (χ0n) is 11.6. The van der Waals surface area contributed by atoms with E-state index < -0.39 is 0 Å². The van der Waals surface area contributed by atoms with Gasteiger partial charge in [-0.15, -0.1) is 6.58 Å². The summed E-state index contributed by atoms with van der Waals surface area (Å²) in [5.74, 6) is 0. The second-order valence-electron chi connectivity index (χ2n) is 5.03. The molecule has 100 valence electrons. The highest BCUT2D eigenvalue weighted by Crippen LogP contribution is 2.15. The van der Waals surface area contributed by atoms with Gasteiger partial charge in [-0.2, -0.15) is 0 Å². The Hall–Kier alpha value is -0.380. The molecule has 3 heteroatoms. The van der Waals surface area contributed by atoms with Gasteiger partial charge in [-0.05, 0) is 33.2 Å². The summed E-state index contributed by atoms with van der Waals surface area (Å²) in [5.41, 5.74) is 0. The van der Waals surface area contributed by atoms with Gasteiger partial charge in [0.15, 0.2) is 0 Å². The van der Waals surface area contributed by atoms with Crippen molar-refractivity contribution in [3.05, 3.63) is 12.7 Å². The molecule has 0 saturated carbocycles. The van der Waals surface area contributed by atoms with E-state index in [1.54, 1.807) is 0 Å². The molecule has 0 spiro atoms. The summed E-state index contributed by atoms with van der Waals surface area (Å²) in [6.07, 6.45) is 4.49. The molecule has 1 heterocycles. The first-order chi connectivity index (χ1) is 8.19. The molecule has 1 saturated heterocycles. The van der Waals surface area contributed by atoms with Crippen LogP contribution in [0.4, 0.5) is 0 Å². The third-order valence-electron chi connectivity index (χ3n) is 3.45. The maximum Gasteiger partial charge on any atom is 0.0855 e. The standard InChI is InChI=1S/C14H28N2O/c1-5-7-8-13(15-6-2)14-11-16(12(3)4)9-10-17-14/h5,12-15H,1,6-11H2,2-4H3. The van der Waals surface area contributed by atoms with Crippen LogP contribution in [0.25, 0.3) is 0 Å². The molecular formula is C14H28N2O. The Labute approximate surface area is 106 Å². The summed E-state index contributed by atoms with van der Waals surface area (Å²) in [5, 5.41) is 3.55. The summed E-state index contributed by atoms with van der Waals surface area (Å²) >= 11 is 0. The zero-order valence-corrected chi connectivity index (χ0v) is 11.6. The lowest BCUT2D eigenvalue weighted by Crippen LogP contribution is -2.53. The van der Waals surface area contributed by atoms with Crippen molar-refractivity contribution in [2.75, 3.05) is 26.2 Å². The molecule has 1 fully saturated rings. The number of hydrogen-bond donors (Lipinski definition) is 1. The number of morpholine rings is 1. The Morgan fingerprint density at radius 1 is 1.53 bits per heavy atom. The second kappa shape index (κ2) is 7.85.